The lowest BCUT2D eigenvalue weighted by Gasteiger charge is -2.37. The van der Waals surface area contributed by atoms with Gasteiger partial charge in [-0.1, -0.05) is 37.0 Å². The predicted octanol–water partition coefficient (Wildman–Crippen LogP) is 4.93. The first kappa shape index (κ1) is 23.4. The van der Waals surface area contributed by atoms with Gasteiger partial charge in [-0.05, 0) is 52.7 Å². The van der Waals surface area contributed by atoms with Crippen LogP contribution in [0.1, 0.15) is 45.9 Å². The molecule has 0 N–H and O–H groups in total. The first-order valence-corrected chi connectivity index (χ1v) is 10.4. The van der Waals surface area contributed by atoms with Crippen LogP contribution in [-0.4, -0.2) is 52.7 Å². The summed E-state index contributed by atoms with van der Waals surface area (Å²) >= 11 is 0. The summed E-state index contributed by atoms with van der Waals surface area (Å²) in [5.41, 5.74) is 3.48. The number of amides is 1. The number of aromatic nitrogens is 2. The Morgan fingerprint density at radius 1 is 1.17 bits per heavy atom. The Labute approximate surface area is 180 Å². The molecule has 1 saturated heterocycles. The fourth-order valence-electron chi connectivity index (χ4n) is 3.37. The summed E-state index contributed by atoms with van der Waals surface area (Å²) in [7, 11) is 0. The maximum absolute atomic E-state index is 12.4. The van der Waals surface area contributed by atoms with Crippen LogP contribution in [-0.2, 0) is 4.74 Å². The Bertz CT molecular complexity index is 854. The summed E-state index contributed by atoms with van der Waals surface area (Å²) in [6.45, 7) is 18.2. The van der Waals surface area contributed by atoms with E-state index in [1.807, 2.05) is 65.8 Å². The summed E-state index contributed by atoms with van der Waals surface area (Å²) < 4.78 is 5.51. The SMILES string of the molecule is C=CC(=C\C=C/C)/C(=C/C)c1c(C)ncnc1N1CCN(C(=O)OC(C)(C)C)CC1. The average molecular weight is 411 g/mol. The first-order valence-electron chi connectivity index (χ1n) is 10.4. The highest BCUT2D eigenvalue weighted by Gasteiger charge is 2.28. The molecule has 0 saturated carbocycles. The molecule has 162 valence electrons. The standard InChI is InChI=1S/C24H34N4O2/c1-8-11-12-19(9-2)20(10-3)21-18(4)25-17-26-22(21)27-13-15-28(16-14-27)23(29)30-24(5,6)7/h8-12,17H,2,13-16H2,1,3-7H3/b11-8-,19-12+,20-10-. The van der Waals surface area contributed by atoms with E-state index in [1.54, 1.807) is 11.2 Å². The molecule has 0 unspecified atom stereocenters. The van der Waals surface area contributed by atoms with Gasteiger partial charge in [0.05, 0.1) is 5.69 Å². The van der Waals surface area contributed by atoms with Crippen LogP contribution < -0.4 is 4.90 Å². The normalized spacial score (nSPS) is 16.2. The van der Waals surface area contributed by atoms with Crippen LogP contribution in [0.15, 0.2) is 48.9 Å². The number of hydrogen-bond acceptors (Lipinski definition) is 5. The highest BCUT2D eigenvalue weighted by Crippen LogP contribution is 2.33. The van der Waals surface area contributed by atoms with E-state index in [-0.39, 0.29) is 6.09 Å². The van der Waals surface area contributed by atoms with Crippen molar-refractivity contribution in [2.75, 3.05) is 31.1 Å². The largest absolute Gasteiger partial charge is 0.444 e. The third-order valence-corrected chi connectivity index (χ3v) is 4.80. The zero-order chi connectivity index (χ0) is 22.3. The second-order valence-corrected chi connectivity index (χ2v) is 8.17. The smallest absolute Gasteiger partial charge is 0.410 e. The van der Waals surface area contributed by atoms with E-state index >= 15 is 0 Å². The first-order chi connectivity index (χ1) is 14.2. The van der Waals surface area contributed by atoms with Crippen molar-refractivity contribution in [1.29, 1.82) is 0 Å². The molecule has 0 bridgehead atoms. The van der Waals surface area contributed by atoms with Crippen molar-refractivity contribution < 1.29 is 9.53 Å². The topological polar surface area (TPSA) is 58.6 Å². The van der Waals surface area contributed by atoms with Crippen molar-refractivity contribution in [2.24, 2.45) is 0 Å². The van der Waals surface area contributed by atoms with Gasteiger partial charge in [0.2, 0.25) is 0 Å². The van der Waals surface area contributed by atoms with Gasteiger partial charge < -0.3 is 14.5 Å². The van der Waals surface area contributed by atoms with Crippen LogP contribution >= 0.6 is 0 Å². The van der Waals surface area contributed by atoms with Crippen molar-refractivity contribution in [3.8, 4) is 0 Å². The molecule has 6 nitrogen and oxygen atoms in total. The molecule has 6 heteroatoms. The van der Waals surface area contributed by atoms with Crippen molar-refractivity contribution in [3.05, 3.63) is 60.1 Å². The van der Waals surface area contributed by atoms with Crippen LogP contribution in [0.4, 0.5) is 10.6 Å². The minimum atomic E-state index is -0.494. The zero-order valence-electron chi connectivity index (χ0n) is 19.1. The van der Waals surface area contributed by atoms with Crippen LogP contribution in [0.2, 0.25) is 0 Å². The van der Waals surface area contributed by atoms with Crippen molar-refractivity contribution >= 4 is 17.5 Å². The number of anilines is 1. The number of allylic oxidation sites excluding steroid dienone is 7. The molecule has 1 aliphatic heterocycles. The molecule has 2 rings (SSSR count). The molecule has 2 heterocycles. The highest BCUT2D eigenvalue weighted by molar-refractivity contribution is 5.88. The molecular formula is C24H34N4O2. The van der Waals surface area contributed by atoms with Gasteiger partial charge in [0.1, 0.15) is 17.7 Å². The third kappa shape index (κ3) is 5.81. The van der Waals surface area contributed by atoms with E-state index in [1.165, 1.54) is 0 Å². The Kier molecular flexibility index (Phi) is 7.98. The summed E-state index contributed by atoms with van der Waals surface area (Å²) in [5.74, 6) is 0.882. The number of carbonyl (C=O) groups is 1. The molecule has 1 fully saturated rings. The van der Waals surface area contributed by atoms with Crippen molar-refractivity contribution in [1.82, 2.24) is 14.9 Å². The molecule has 0 radical (unpaired) electrons. The van der Waals surface area contributed by atoms with Gasteiger partial charge in [-0.3, -0.25) is 0 Å². The van der Waals surface area contributed by atoms with E-state index in [4.69, 9.17) is 4.74 Å². The number of nitrogens with zero attached hydrogens (tertiary/aromatic N) is 4. The van der Waals surface area contributed by atoms with Crippen LogP contribution in [0, 0.1) is 6.92 Å². The van der Waals surface area contributed by atoms with E-state index < -0.39 is 5.60 Å². The van der Waals surface area contributed by atoms with Crippen LogP contribution in [0.25, 0.3) is 5.57 Å². The molecule has 1 aromatic heterocycles. The minimum absolute atomic E-state index is 0.265. The van der Waals surface area contributed by atoms with Crippen molar-refractivity contribution in [2.45, 2.75) is 47.1 Å². The molecule has 0 atom stereocenters. The minimum Gasteiger partial charge on any atom is -0.444 e. The fourth-order valence-corrected chi connectivity index (χ4v) is 3.37. The lowest BCUT2D eigenvalue weighted by molar-refractivity contribution is 0.0240. The van der Waals surface area contributed by atoms with Crippen LogP contribution in [0.3, 0.4) is 0 Å². The lowest BCUT2D eigenvalue weighted by atomic mass is 9.95. The quantitative estimate of drug-likeness (QED) is 0.644. The van der Waals surface area contributed by atoms with E-state index in [0.29, 0.717) is 26.2 Å². The second kappa shape index (κ2) is 10.2. The van der Waals surface area contributed by atoms with Gasteiger partial charge in [-0.2, -0.15) is 0 Å². The highest BCUT2D eigenvalue weighted by atomic mass is 16.6. The molecular weight excluding hydrogens is 376 g/mol. The van der Waals surface area contributed by atoms with Gasteiger partial charge >= 0.3 is 6.09 Å². The molecule has 1 aromatic rings. The summed E-state index contributed by atoms with van der Waals surface area (Å²) in [4.78, 5) is 25.4. The van der Waals surface area contributed by atoms with E-state index in [9.17, 15) is 4.79 Å². The van der Waals surface area contributed by atoms with Crippen molar-refractivity contribution in [3.63, 3.8) is 0 Å². The summed E-state index contributed by atoms with van der Waals surface area (Å²) in [5, 5.41) is 0. The van der Waals surface area contributed by atoms with Gasteiger partial charge in [-0.15, -0.1) is 0 Å². The molecule has 0 spiro atoms. The number of piperazine rings is 1. The number of carbonyl (C=O) groups excluding carboxylic acids is 1. The number of rotatable bonds is 5. The monoisotopic (exact) mass is 410 g/mol. The van der Waals surface area contributed by atoms with E-state index in [0.717, 1.165) is 28.2 Å². The zero-order valence-corrected chi connectivity index (χ0v) is 19.1. The van der Waals surface area contributed by atoms with Gasteiger partial charge in [0, 0.05) is 31.7 Å². The molecule has 0 aliphatic carbocycles. The molecule has 1 aliphatic rings. The Hall–Kier alpha value is -2.89. The van der Waals surface area contributed by atoms with E-state index in [2.05, 4.69) is 27.5 Å². The Balaban J connectivity index is 2.30. The molecule has 0 aromatic carbocycles. The second-order valence-electron chi connectivity index (χ2n) is 8.17. The fraction of sp³-hybridized carbons (Fsp3) is 0.458. The predicted molar refractivity (Wildman–Crippen MR) is 124 cm³/mol. The maximum atomic E-state index is 12.4. The van der Waals surface area contributed by atoms with Gasteiger partial charge in [-0.25, -0.2) is 14.8 Å². The average Bonchev–Trinajstić information content (AvgIpc) is 2.70. The number of ether oxygens (including phenoxy) is 1. The maximum Gasteiger partial charge on any atom is 0.410 e. The number of aryl methyl sites for hydroxylation is 1. The molecule has 30 heavy (non-hydrogen) atoms. The lowest BCUT2D eigenvalue weighted by Crippen LogP contribution is -2.50. The summed E-state index contributed by atoms with van der Waals surface area (Å²) in [6, 6.07) is 0. The van der Waals surface area contributed by atoms with Gasteiger partial charge in [0.25, 0.3) is 0 Å². The number of hydrogen-bond donors (Lipinski definition) is 0. The Morgan fingerprint density at radius 3 is 2.37 bits per heavy atom. The van der Waals surface area contributed by atoms with Gasteiger partial charge in [0.15, 0.2) is 0 Å². The Morgan fingerprint density at radius 2 is 1.83 bits per heavy atom. The molecule has 1 amide bonds. The third-order valence-electron chi connectivity index (χ3n) is 4.80. The van der Waals surface area contributed by atoms with Crippen LogP contribution in [0.5, 0.6) is 0 Å². The summed E-state index contributed by atoms with van der Waals surface area (Å²) in [6.07, 6.45) is 11.3.